The SMILES string of the molecule is CCCN(C(=O)c1ccc(Br)c(Br)c1)C1CCC(OC(C)=O)CC1NC. The van der Waals surface area contributed by atoms with Gasteiger partial charge in [-0.05, 0) is 76.4 Å². The molecule has 1 fully saturated rings. The minimum Gasteiger partial charge on any atom is -0.462 e. The molecule has 26 heavy (non-hydrogen) atoms. The third-order valence-corrected chi connectivity index (χ3v) is 6.64. The number of hydrogen-bond donors (Lipinski definition) is 1. The van der Waals surface area contributed by atoms with Crippen LogP contribution in [0.3, 0.4) is 0 Å². The quantitative estimate of drug-likeness (QED) is 0.610. The Balaban J connectivity index is 2.20. The van der Waals surface area contributed by atoms with Crippen LogP contribution in [0.15, 0.2) is 27.1 Å². The molecule has 5 nitrogen and oxygen atoms in total. The molecule has 1 aliphatic rings. The zero-order valence-electron chi connectivity index (χ0n) is 15.4. The van der Waals surface area contributed by atoms with Crippen LogP contribution in [0, 0.1) is 0 Å². The van der Waals surface area contributed by atoms with Gasteiger partial charge in [0.05, 0.1) is 0 Å². The number of carbonyl (C=O) groups excluding carboxylic acids is 2. The number of amides is 1. The van der Waals surface area contributed by atoms with Crippen molar-refractivity contribution in [2.24, 2.45) is 0 Å². The van der Waals surface area contributed by atoms with E-state index in [-0.39, 0.29) is 30.1 Å². The van der Waals surface area contributed by atoms with Gasteiger partial charge in [0.1, 0.15) is 6.10 Å². The highest BCUT2D eigenvalue weighted by Gasteiger charge is 2.36. The van der Waals surface area contributed by atoms with Gasteiger partial charge in [0.15, 0.2) is 0 Å². The number of esters is 1. The van der Waals surface area contributed by atoms with Crippen LogP contribution >= 0.6 is 31.9 Å². The molecular weight excluding hydrogens is 464 g/mol. The van der Waals surface area contributed by atoms with E-state index in [0.29, 0.717) is 12.1 Å². The number of nitrogens with zero attached hydrogens (tertiary/aromatic N) is 1. The fraction of sp³-hybridized carbons (Fsp3) is 0.579. The molecule has 0 aliphatic heterocycles. The van der Waals surface area contributed by atoms with Crippen LogP contribution in [-0.4, -0.2) is 48.6 Å². The van der Waals surface area contributed by atoms with Crippen LogP contribution < -0.4 is 5.32 Å². The standard InChI is InChI=1S/C19H26Br2N2O3/c1-4-9-23(19(25)13-5-7-15(20)16(21)10-13)18-8-6-14(26-12(2)24)11-17(18)22-3/h5,7,10,14,17-18,22H,4,6,8-9,11H2,1-3H3. The predicted octanol–water partition coefficient (Wildman–Crippen LogP) is 4.14. The van der Waals surface area contributed by atoms with Gasteiger partial charge in [-0.3, -0.25) is 9.59 Å². The molecule has 1 N–H and O–H groups in total. The molecule has 0 spiro atoms. The third-order valence-electron chi connectivity index (χ3n) is 4.76. The molecule has 0 saturated heterocycles. The highest BCUT2D eigenvalue weighted by Crippen LogP contribution is 2.29. The number of ether oxygens (including phenoxy) is 1. The Morgan fingerprint density at radius 3 is 2.58 bits per heavy atom. The smallest absolute Gasteiger partial charge is 0.302 e. The van der Waals surface area contributed by atoms with Crippen LogP contribution in [-0.2, 0) is 9.53 Å². The molecule has 3 unspecified atom stereocenters. The Morgan fingerprint density at radius 1 is 1.27 bits per heavy atom. The summed E-state index contributed by atoms with van der Waals surface area (Å²) in [6.45, 7) is 4.23. The molecule has 1 amide bonds. The van der Waals surface area contributed by atoms with Gasteiger partial charge in [0.25, 0.3) is 5.91 Å². The maximum atomic E-state index is 13.2. The molecule has 1 aromatic carbocycles. The van der Waals surface area contributed by atoms with Gasteiger partial charge >= 0.3 is 5.97 Å². The number of nitrogens with one attached hydrogen (secondary N) is 1. The summed E-state index contributed by atoms with van der Waals surface area (Å²) in [6.07, 6.45) is 3.12. The molecule has 0 bridgehead atoms. The number of benzene rings is 1. The van der Waals surface area contributed by atoms with Crippen LogP contribution in [0.1, 0.15) is 49.9 Å². The maximum absolute atomic E-state index is 13.2. The summed E-state index contributed by atoms with van der Waals surface area (Å²) in [5.74, 6) is -0.208. The van der Waals surface area contributed by atoms with Crippen molar-refractivity contribution < 1.29 is 14.3 Å². The van der Waals surface area contributed by atoms with Crippen molar-refractivity contribution in [2.75, 3.05) is 13.6 Å². The van der Waals surface area contributed by atoms with Gasteiger partial charge in [-0.2, -0.15) is 0 Å². The van der Waals surface area contributed by atoms with Crippen LogP contribution in [0.25, 0.3) is 0 Å². The van der Waals surface area contributed by atoms with E-state index in [1.807, 2.05) is 30.1 Å². The topological polar surface area (TPSA) is 58.6 Å². The van der Waals surface area contributed by atoms with Crippen molar-refractivity contribution in [3.63, 3.8) is 0 Å². The van der Waals surface area contributed by atoms with Gasteiger partial charge in [0.2, 0.25) is 0 Å². The van der Waals surface area contributed by atoms with E-state index in [4.69, 9.17) is 4.74 Å². The molecule has 1 aromatic rings. The fourth-order valence-corrected chi connectivity index (χ4v) is 4.22. The monoisotopic (exact) mass is 488 g/mol. The molecule has 2 rings (SSSR count). The van der Waals surface area contributed by atoms with E-state index in [9.17, 15) is 9.59 Å². The van der Waals surface area contributed by atoms with E-state index in [1.54, 1.807) is 0 Å². The normalized spacial score (nSPS) is 22.7. The van der Waals surface area contributed by atoms with Crippen molar-refractivity contribution in [1.82, 2.24) is 10.2 Å². The maximum Gasteiger partial charge on any atom is 0.302 e. The average molecular weight is 490 g/mol. The summed E-state index contributed by atoms with van der Waals surface area (Å²) < 4.78 is 7.18. The number of halogens is 2. The second-order valence-corrected chi connectivity index (χ2v) is 8.34. The summed E-state index contributed by atoms with van der Waals surface area (Å²) in [6, 6.07) is 5.77. The predicted molar refractivity (Wildman–Crippen MR) is 109 cm³/mol. The molecular formula is C19H26Br2N2O3. The van der Waals surface area contributed by atoms with Crippen molar-refractivity contribution in [2.45, 2.75) is 57.7 Å². The first-order valence-corrected chi connectivity index (χ1v) is 10.6. The molecule has 3 atom stereocenters. The summed E-state index contributed by atoms with van der Waals surface area (Å²) in [4.78, 5) is 26.4. The lowest BCUT2D eigenvalue weighted by Gasteiger charge is -2.42. The third kappa shape index (κ3) is 5.30. The number of carbonyl (C=O) groups is 2. The summed E-state index contributed by atoms with van der Waals surface area (Å²) in [5, 5.41) is 3.32. The summed E-state index contributed by atoms with van der Waals surface area (Å²) >= 11 is 6.92. The van der Waals surface area contributed by atoms with Crippen molar-refractivity contribution in [3.8, 4) is 0 Å². The lowest BCUT2D eigenvalue weighted by Crippen LogP contribution is -2.55. The largest absolute Gasteiger partial charge is 0.462 e. The molecule has 0 aromatic heterocycles. The Hall–Kier alpha value is -0.920. The average Bonchev–Trinajstić information content (AvgIpc) is 2.61. The van der Waals surface area contributed by atoms with E-state index in [0.717, 1.165) is 34.6 Å². The van der Waals surface area contributed by atoms with Crippen LogP contribution in [0.4, 0.5) is 0 Å². The molecule has 1 saturated carbocycles. The second-order valence-electron chi connectivity index (χ2n) is 6.63. The second kappa shape index (κ2) is 9.85. The van der Waals surface area contributed by atoms with Crippen LogP contribution in [0.2, 0.25) is 0 Å². The fourth-order valence-electron chi connectivity index (χ4n) is 3.59. The Labute approximate surface area is 172 Å². The van der Waals surface area contributed by atoms with E-state index < -0.39 is 0 Å². The molecule has 0 radical (unpaired) electrons. The highest BCUT2D eigenvalue weighted by molar-refractivity contribution is 9.13. The lowest BCUT2D eigenvalue weighted by atomic mass is 9.86. The van der Waals surface area contributed by atoms with Gasteiger partial charge in [-0.25, -0.2) is 0 Å². The number of likely N-dealkylation sites (N-methyl/N-ethyl adjacent to an activating group) is 1. The summed E-state index contributed by atoms with van der Waals surface area (Å²) in [7, 11) is 1.90. The van der Waals surface area contributed by atoms with E-state index in [1.165, 1.54) is 6.92 Å². The van der Waals surface area contributed by atoms with Crippen molar-refractivity contribution in [3.05, 3.63) is 32.7 Å². The minimum absolute atomic E-state index is 0.0382. The van der Waals surface area contributed by atoms with Gasteiger partial charge in [-0.1, -0.05) is 6.92 Å². The van der Waals surface area contributed by atoms with Gasteiger partial charge < -0.3 is 15.0 Å². The Bertz CT molecular complexity index is 654. The molecule has 0 heterocycles. The first kappa shape index (κ1) is 21.4. The Kier molecular flexibility index (Phi) is 8.10. The summed E-state index contributed by atoms with van der Waals surface area (Å²) in [5.41, 5.74) is 0.672. The van der Waals surface area contributed by atoms with E-state index >= 15 is 0 Å². The molecule has 144 valence electrons. The number of hydrogen-bond acceptors (Lipinski definition) is 4. The van der Waals surface area contributed by atoms with Gasteiger partial charge in [-0.15, -0.1) is 0 Å². The first-order chi connectivity index (χ1) is 12.4. The zero-order valence-corrected chi connectivity index (χ0v) is 18.6. The van der Waals surface area contributed by atoms with Crippen molar-refractivity contribution in [1.29, 1.82) is 0 Å². The lowest BCUT2D eigenvalue weighted by molar-refractivity contribution is -0.148. The highest BCUT2D eigenvalue weighted by atomic mass is 79.9. The molecule has 7 heteroatoms. The minimum atomic E-state index is -0.246. The number of rotatable bonds is 6. The first-order valence-electron chi connectivity index (χ1n) is 8.97. The van der Waals surface area contributed by atoms with Gasteiger partial charge in [0, 0.05) is 46.5 Å². The van der Waals surface area contributed by atoms with Crippen LogP contribution in [0.5, 0.6) is 0 Å². The van der Waals surface area contributed by atoms with Crippen molar-refractivity contribution >= 4 is 43.7 Å². The van der Waals surface area contributed by atoms with E-state index in [2.05, 4.69) is 44.1 Å². The molecule has 1 aliphatic carbocycles. The zero-order chi connectivity index (χ0) is 19.3. The Morgan fingerprint density at radius 2 is 2.00 bits per heavy atom.